The van der Waals surface area contributed by atoms with Gasteiger partial charge in [-0.25, -0.2) is 0 Å². The highest BCUT2D eigenvalue weighted by Crippen LogP contribution is 2.32. The molecule has 1 aromatic rings. The lowest BCUT2D eigenvalue weighted by Gasteiger charge is -2.31. The molecule has 0 unspecified atom stereocenters. The zero-order valence-corrected chi connectivity index (χ0v) is 18.5. The van der Waals surface area contributed by atoms with E-state index in [2.05, 4.69) is 39.3 Å². The molecule has 0 saturated carbocycles. The maximum atomic E-state index is 11.9. The fourth-order valence-electron chi connectivity index (χ4n) is 3.77. The van der Waals surface area contributed by atoms with Crippen LogP contribution in [-0.2, 0) is 4.79 Å². The molecule has 0 bridgehead atoms. The zero-order valence-electron chi connectivity index (χ0n) is 18.5. The van der Waals surface area contributed by atoms with Gasteiger partial charge in [-0.05, 0) is 57.7 Å². The van der Waals surface area contributed by atoms with Crippen molar-refractivity contribution in [3.63, 3.8) is 0 Å². The number of anilines is 3. The monoisotopic (exact) mass is 406 g/mol. The van der Waals surface area contributed by atoms with Gasteiger partial charge in [0.1, 0.15) is 5.69 Å². The molecule has 0 radical (unpaired) electrons. The summed E-state index contributed by atoms with van der Waals surface area (Å²) in [6, 6.07) is 0.301. The van der Waals surface area contributed by atoms with Gasteiger partial charge in [-0.15, -0.1) is 0 Å². The first-order valence-electron chi connectivity index (χ1n) is 11.0. The number of unbranched alkanes of at least 4 members (excludes halogenated alkanes) is 1. The Morgan fingerprint density at radius 3 is 2.52 bits per heavy atom. The smallest absolute Gasteiger partial charge is 0.320 e. The van der Waals surface area contributed by atoms with Gasteiger partial charge in [0.2, 0.25) is 6.41 Å². The van der Waals surface area contributed by atoms with Crippen molar-refractivity contribution in [3.05, 3.63) is 0 Å². The van der Waals surface area contributed by atoms with E-state index < -0.39 is 0 Å². The van der Waals surface area contributed by atoms with E-state index in [1.807, 2.05) is 7.05 Å². The van der Waals surface area contributed by atoms with E-state index in [0.717, 1.165) is 44.6 Å². The van der Waals surface area contributed by atoms with E-state index in [1.165, 1.54) is 25.9 Å². The third kappa shape index (κ3) is 6.73. The van der Waals surface area contributed by atoms with Crippen LogP contribution in [0.2, 0.25) is 0 Å². The Balaban J connectivity index is 2.03. The molecule has 1 fully saturated rings. The largest absolute Gasteiger partial charge is 0.463 e. The topological polar surface area (TPSA) is 82.6 Å². The molecule has 0 atom stereocenters. The summed E-state index contributed by atoms with van der Waals surface area (Å²) in [5.74, 6) is 1.94. The fourth-order valence-corrected chi connectivity index (χ4v) is 3.77. The number of nitrogens with zero attached hydrogens (tertiary/aromatic N) is 4. The fraction of sp³-hybridized carbons (Fsp3) is 0.762. The summed E-state index contributed by atoms with van der Waals surface area (Å²) in [6.45, 7) is 9.07. The molecule has 1 amide bonds. The number of nitrogens with one attached hydrogen (secondary N) is 2. The summed E-state index contributed by atoms with van der Waals surface area (Å²) in [5, 5.41) is 6.20. The van der Waals surface area contributed by atoms with Gasteiger partial charge in [-0.2, -0.15) is 9.97 Å². The number of carbonyl (C=O) groups excluding carboxylic acids is 1. The van der Waals surface area contributed by atoms with E-state index in [1.54, 1.807) is 11.9 Å². The molecule has 0 spiro atoms. The van der Waals surface area contributed by atoms with Gasteiger partial charge >= 0.3 is 6.01 Å². The van der Waals surface area contributed by atoms with Crippen molar-refractivity contribution < 1.29 is 9.53 Å². The Morgan fingerprint density at radius 1 is 1.17 bits per heavy atom. The van der Waals surface area contributed by atoms with Crippen LogP contribution in [0.4, 0.5) is 17.3 Å². The minimum Gasteiger partial charge on any atom is -0.463 e. The predicted octanol–water partition coefficient (Wildman–Crippen LogP) is 3.21. The second-order valence-electron chi connectivity index (χ2n) is 7.57. The number of rotatable bonds is 13. The highest BCUT2D eigenvalue weighted by Gasteiger charge is 2.21. The maximum Gasteiger partial charge on any atom is 0.320 e. The van der Waals surface area contributed by atoms with Crippen LogP contribution in [0.5, 0.6) is 6.01 Å². The third-order valence-electron chi connectivity index (χ3n) is 5.65. The molecule has 8 heteroatoms. The van der Waals surface area contributed by atoms with Gasteiger partial charge in [0, 0.05) is 20.6 Å². The van der Waals surface area contributed by atoms with E-state index in [0.29, 0.717) is 36.5 Å². The van der Waals surface area contributed by atoms with Gasteiger partial charge in [0.05, 0.1) is 6.61 Å². The Labute approximate surface area is 175 Å². The second kappa shape index (κ2) is 12.5. The Morgan fingerprint density at radius 2 is 1.93 bits per heavy atom. The average Bonchev–Trinajstić information content (AvgIpc) is 2.76. The van der Waals surface area contributed by atoms with Crippen molar-refractivity contribution in [2.45, 2.75) is 52.4 Å². The molecule has 0 aromatic carbocycles. The van der Waals surface area contributed by atoms with Crippen LogP contribution in [0, 0.1) is 5.92 Å². The first-order chi connectivity index (χ1) is 14.2. The number of ether oxygens (including phenoxy) is 1. The summed E-state index contributed by atoms with van der Waals surface area (Å²) in [5.41, 5.74) is 0.707. The Hall–Kier alpha value is -2.09. The van der Waals surface area contributed by atoms with Crippen LogP contribution in [0.25, 0.3) is 0 Å². The van der Waals surface area contributed by atoms with Crippen LogP contribution >= 0.6 is 0 Å². The van der Waals surface area contributed by atoms with Crippen molar-refractivity contribution in [1.29, 1.82) is 0 Å². The van der Waals surface area contributed by atoms with Crippen LogP contribution in [0.3, 0.4) is 0 Å². The SMILES string of the molecule is CCCCOc1nc(NC)c(NC)c(N(C=O)CCCC2CCN(CC)CC2)n1. The highest BCUT2D eigenvalue weighted by molar-refractivity contribution is 5.86. The normalized spacial score (nSPS) is 15.2. The lowest BCUT2D eigenvalue weighted by molar-refractivity contribution is -0.107. The summed E-state index contributed by atoms with van der Waals surface area (Å²) >= 11 is 0. The minimum absolute atomic E-state index is 0.301. The molecule has 1 aliphatic rings. The summed E-state index contributed by atoms with van der Waals surface area (Å²) in [4.78, 5) is 25.0. The molecule has 2 rings (SSSR count). The number of hydrogen-bond donors (Lipinski definition) is 2. The van der Waals surface area contributed by atoms with E-state index in [9.17, 15) is 4.79 Å². The first kappa shape index (κ1) is 23.2. The van der Waals surface area contributed by atoms with Crippen molar-refractivity contribution >= 4 is 23.7 Å². The van der Waals surface area contributed by atoms with Crippen LogP contribution in [-0.4, -0.2) is 68.2 Å². The Bertz CT molecular complexity index is 619. The quantitative estimate of drug-likeness (QED) is 0.384. The van der Waals surface area contributed by atoms with E-state index in [-0.39, 0.29) is 0 Å². The standard InChI is InChI=1S/C21H38N6O2/c1-5-7-15-29-21-24-19(23-4)18(22-3)20(25-21)27(16-28)12-8-9-17-10-13-26(6-2)14-11-17/h16-17,22H,5-15H2,1-4H3,(H,23,24,25). The molecule has 0 aliphatic carbocycles. The first-order valence-corrected chi connectivity index (χ1v) is 11.0. The molecule has 1 aromatic heterocycles. The number of aromatic nitrogens is 2. The summed E-state index contributed by atoms with van der Waals surface area (Å²) < 4.78 is 5.71. The van der Waals surface area contributed by atoms with Crippen LogP contribution in [0.1, 0.15) is 52.4 Å². The van der Waals surface area contributed by atoms with Crippen LogP contribution < -0.4 is 20.3 Å². The molecule has 29 heavy (non-hydrogen) atoms. The molecular formula is C21H38N6O2. The molecular weight excluding hydrogens is 368 g/mol. The number of amides is 1. The second-order valence-corrected chi connectivity index (χ2v) is 7.57. The lowest BCUT2D eigenvalue weighted by Crippen LogP contribution is -2.33. The van der Waals surface area contributed by atoms with Crippen molar-refractivity contribution in [2.75, 3.05) is 62.4 Å². The van der Waals surface area contributed by atoms with E-state index in [4.69, 9.17) is 4.74 Å². The highest BCUT2D eigenvalue weighted by atomic mass is 16.5. The third-order valence-corrected chi connectivity index (χ3v) is 5.65. The van der Waals surface area contributed by atoms with Gasteiger partial charge in [-0.3, -0.25) is 9.69 Å². The lowest BCUT2D eigenvalue weighted by atomic mass is 9.92. The Kier molecular flexibility index (Phi) is 9.97. The van der Waals surface area contributed by atoms with Gasteiger partial charge in [0.25, 0.3) is 0 Å². The summed E-state index contributed by atoms with van der Waals surface area (Å²) in [7, 11) is 3.61. The van der Waals surface area contributed by atoms with Crippen molar-refractivity contribution in [2.24, 2.45) is 5.92 Å². The molecule has 164 valence electrons. The van der Waals surface area contributed by atoms with Crippen LogP contribution in [0.15, 0.2) is 0 Å². The molecule has 2 N–H and O–H groups in total. The zero-order chi connectivity index (χ0) is 21.1. The van der Waals surface area contributed by atoms with E-state index >= 15 is 0 Å². The average molecular weight is 407 g/mol. The molecule has 2 heterocycles. The van der Waals surface area contributed by atoms with Crippen molar-refractivity contribution in [1.82, 2.24) is 14.9 Å². The van der Waals surface area contributed by atoms with Gasteiger partial charge in [-0.1, -0.05) is 20.3 Å². The predicted molar refractivity (Wildman–Crippen MR) is 119 cm³/mol. The minimum atomic E-state index is 0.301. The number of hydrogen-bond acceptors (Lipinski definition) is 7. The maximum absolute atomic E-state index is 11.9. The molecule has 1 aliphatic heterocycles. The number of piperidine rings is 1. The van der Waals surface area contributed by atoms with Crippen molar-refractivity contribution in [3.8, 4) is 6.01 Å². The number of carbonyl (C=O) groups is 1. The van der Waals surface area contributed by atoms with Gasteiger partial charge in [0.15, 0.2) is 11.6 Å². The molecule has 8 nitrogen and oxygen atoms in total. The van der Waals surface area contributed by atoms with Gasteiger partial charge < -0.3 is 20.3 Å². The molecule has 1 saturated heterocycles. The number of likely N-dealkylation sites (tertiary alicyclic amines) is 1. The summed E-state index contributed by atoms with van der Waals surface area (Å²) in [6.07, 6.45) is 7.45.